The van der Waals surface area contributed by atoms with Gasteiger partial charge in [-0.2, -0.15) is 0 Å². The summed E-state index contributed by atoms with van der Waals surface area (Å²) in [6.45, 7) is 1.75. The second-order valence-electron chi connectivity index (χ2n) is 8.59. The van der Waals surface area contributed by atoms with Crippen LogP contribution in [0.4, 0.5) is 10.1 Å². The third-order valence-corrected chi connectivity index (χ3v) is 6.64. The number of hydrogen-bond acceptors (Lipinski definition) is 3. The number of anilines is 1. The number of hydrogen-bond donors (Lipinski definition) is 2. The fraction of sp³-hybridized carbons (Fsp3) is 0.417. The van der Waals surface area contributed by atoms with Gasteiger partial charge < -0.3 is 10.2 Å². The molecule has 1 amide bonds. The van der Waals surface area contributed by atoms with Gasteiger partial charge in [0.1, 0.15) is 11.7 Å². The van der Waals surface area contributed by atoms with Gasteiger partial charge in [-0.05, 0) is 43.0 Å². The van der Waals surface area contributed by atoms with Crippen LogP contribution in [0.2, 0.25) is 0 Å². The fourth-order valence-corrected chi connectivity index (χ4v) is 4.89. The lowest BCUT2D eigenvalue weighted by Gasteiger charge is -2.31. The number of fused-ring (bicyclic) bond motifs is 1. The Morgan fingerprint density at radius 3 is 2.70 bits per heavy atom. The quantitative estimate of drug-likeness (QED) is 0.794. The number of amidine groups is 1. The smallest absolute Gasteiger partial charge is 0.256 e. The van der Waals surface area contributed by atoms with Crippen molar-refractivity contribution in [3.05, 3.63) is 65.5 Å². The van der Waals surface area contributed by atoms with Gasteiger partial charge >= 0.3 is 0 Å². The Balaban J connectivity index is 1.46. The first-order valence-electron chi connectivity index (χ1n) is 10.9. The number of benzene rings is 2. The standard InChI is InChI=1S/C24H27FN4O/c25-20-11-5-4-10-19(20)22(30)29-14-13-24(16-29)23(27-18-8-2-3-9-18)28-21-12-6-1-7-17(21)15-26-24/h1,4-7,10-12,18,26H,2-3,8-9,13-16H2,(H,27,28). The molecule has 2 fully saturated rings. The minimum absolute atomic E-state index is 0.133. The van der Waals surface area contributed by atoms with Gasteiger partial charge in [-0.15, -0.1) is 0 Å². The van der Waals surface area contributed by atoms with Crippen molar-refractivity contribution in [1.82, 2.24) is 10.2 Å². The third kappa shape index (κ3) is 3.49. The van der Waals surface area contributed by atoms with Gasteiger partial charge in [-0.25, -0.2) is 4.39 Å². The summed E-state index contributed by atoms with van der Waals surface area (Å²) in [5, 5.41) is 7.31. The molecule has 2 aromatic rings. The van der Waals surface area contributed by atoms with E-state index in [1.807, 2.05) is 12.1 Å². The van der Waals surface area contributed by atoms with E-state index in [2.05, 4.69) is 22.8 Å². The second kappa shape index (κ2) is 7.84. The SMILES string of the molecule is O=C(c1ccccc1F)N1CCC2(C1)NCc1ccccc1NC2=NC1CCCC1. The first-order chi connectivity index (χ1) is 14.6. The predicted octanol–water partition coefficient (Wildman–Crippen LogP) is 3.97. The lowest BCUT2D eigenvalue weighted by molar-refractivity contribution is 0.0781. The summed E-state index contributed by atoms with van der Waals surface area (Å²) in [6, 6.07) is 14.8. The maximum absolute atomic E-state index is 14.2. The summed E-state index contributed by atoms with van der Waals surface area (Å²) in [5.41, 5.74) is 1.95. The summed E-state index contributed by atoms with van der Waals surface area (Å²) in [4.78, 5) is 19.9. The molecule has 2 aliphatic heterocycles. The number of likely N-dealkylation sites (tertiary alicyclic amines) is 1. The molecule has 1 aliphatic carbocycles. The molecule has 1 saturated heterocycles. The Bertz CT molecular complexity index is 985. The molecule has 30 heavy (non-hydrogen) atoms. The van der Waals surface area contributed by atoms with Gasteiger partial charge in [0.2, 0.25) is 0 Å². The number of carbonyl (C=O) groups excluding carboxylic acids is 1. The predicted molar refractivity (Wildman–Crippen MR) is 116 cm³/mol. The molecule has 6 heteroatoms. The number of rotatable bonds is 2. The first kappa shape index (κ1) is 19.2. The molecule has 156 valence electrons. The summed E-state index contributed by atoms with van der Waals surface area (Å²) >= 11 is 0. The molecule has 1 unspecified atom stereocenters. The summed E-state index contributed by atoms with van der Waals surface area (Å²) in [7, 11) is 0. The minimum Gasteiger partial charge on any atom is -0.342 e. The number of nitrogens with zero attached hydrogens (tertiary/aromatic N) is 2. The van der Waals surface area contributed by atoms with Crippen LogP contribution in [-0.4, -0.2) is 41.3 Å². The Morgan fingerprint density at radius 2 is 1.87 bits per heavy atom. The molecule has 0 radical (unpaired) electrons. The van der Waals surface area contributed by atoms with Crippen molar-refractivity contribution < 1.29 is 9.18 Å². The maximum atomic E-state index is 14.2. The molecule has 0 aromatic heterocycles. The summed E-state index contributed by atoms with van der Waals surface area (Å²) < 4.78 is 14.2. The van der Waals surface area contributed by atoms with Crippen LogP contribution in [0.3, 0.4) is 0 Å². The number of aliphatic imine (C=N–C) groups is 1. The fourth-order valence-electron chi connectivity index (χ4n) is 4.89. The van der Waals surface area contributed by atoms with Crippen LogP contribution in [-0.2, 0) is 6.54 Å². The lowest BCUT2D eigenvalue weighted by Crippen LogP contribution is -2.55. The van der Waals surface area contributed by atoms with E-state index < -0.39 is 11.4 Å². The highest BCUT2D eigenvalue weighted by Crippen LogP contribution is 2.32. The molecule has 2 aromatic carbocycles. The zero-order chi connectivity index (χ0) is 20.6. The van der Waals surface area contributed by atoms with Crippen LogP contribution in [0.15, 0.2) is 53.5 Å². The van der Waals surface area contributed by atoms with Crippen LogP contribution >= 0.6 is 0 Å². The summed E-state index contributed by atoms with van der Waals surface area (Å²) in [6.07, 6.45) is 5.41. The van der Waals surface area contributed by atoms with Gasteiger partial charge in [-0.1, -0.05) is 43.2 Å². The average Bonchev–Trinajstić information content (AvgIpc) is 3.40. The first-order valence-corrected chi connectivity index (χ1v) is 10.9. The molecule has 0 bridgehead atoms. The lowest BCUT2D eigenvalue weighted by atomic mass is 9.96. The third-order valence-electron chi connectivity index (χ3n) is 6.64. The second-order valence-corrected chi connectivity index (χ2v) is 8.59. The number of nitrogens with one attached hydrogen (secondary N) is 2. The highest BCUT2D eigenvalue weighted by Gasteiger charge is 2.46. The Labute approximate surface area is 176 Å². The van der Waals surface area contributed by atoms with Gasteiger partial charge in [0.15, 0.2) is 0 Å². The van der Waals surface area contributed by atoms with Gasteiger partial charge in [0.25, 0.3) is 5.91 Å². The molecular weight excluding hydrogens is 379 g/mol. The number of amides is 1. The maximum Gasteiger partial charge on any atom is 0.256 e. The van der Waals surface area contributed by atoms with Gasteiger partial charge in [0.05, 0.1) is 17.1 Å². The van der Waals surface area contributed by atoms with Crippen molar-refractivity contribution in [3.63, 3.8) is 0 Å². The van der Waals surface area contributed by atoms with E-state index in [9.17, 15) is 9.18 Å². The average molecular weight is 407 g/mol. The molecule has 1 spiro atoms. The highest BCUT2D eigenvalue weighted by atomic mass is 19.1. The van der Waals surface area contributed by atoms with E-state index in [0.717, 1.165) is 30.8 Å². The van der Waals surface area contributed by atoms with Crippen molar-refractivity contribution in [3.8, 4) is 0 Å². The molecule has 2 heterocycles. The van der Waals surface area contributed by atoms with Gasteiger partial charge in [-0.3, -0.25) is 15.1 Å². The highest BCUT2D eigenvalue weighted by molar-refractivity contribution is 6.05. The minimum atomic E-state index is -0.470. The van der Waals surface area contributed by atoms with Gasteiger partial charge in [0, 0.05) is 25.3 Å². The molecule has 5 nitrogen and oxygen atoms in total. The van der Waals surface area contributed by atoms with Crippen LogP contribution in [0.25, 0.3) is 0 Å². The number of carbonyl (C=O) groups is 1. The van der Waals surface area contributed by atoms with Crippen molar-refractivity contribution >= 4 is 17.4 Å². The molecule has 5 rings (SSSR count). The van der Waals surface area contributed by atoms with Crippen molar-refractivity contribution in [1.29, 1.82) is 0 Å². The van der Waals surface area contributed by atoms with Crippen LogP contribution in [0, 0.1) is 5.82 Å². The summed E-state index contributed by atoms with van der Waals surface area (Å²) in [5.74, 6) is 0.194. The van der Waals surface area contributed by atoms with E-state index >= 15 is 0 Å². The van der Waals surface area contributed by atoms with Crippen molar-refractivity contribution in [2.75, 3.05) is 18.4 Å². The zero-order valence-electron chi connectivity index (χ0n) is 17.0. The molecule has 3 aliphatic rings. The Hall–Kier alpha value is -2.73. The van der Waals surface area contributed by atoms with Crippen LogP contribution in [0.1, 0.15) is 48.0 Å². The zero-order valence-corrected chi connectivity index (χ0v) is 17.0. The Morgan fingerprint density at radius 1 is 1.10 bits per heavy atom. The van der Waals surface area contributed by atoms with E-state index in [4.69, 9.17) is 4.99 Å². The van der Waals surface area contributed by atoms with Crippen molar-refractivity contribution in [2.45, 2.75) is 50.2 Å². The number of para-hydroxylation sites is 1. The van der Waals surface area contributed by atoms with E-state index in [0.29, 0.717) is 25.7 Å². The van der Waals surface area contributed by atoms with Crippen LogP contribution in [0.5, 0.6) is 0 Å². The largest absolute Gasteiger partial charge is 0.342 e. The monoisotopic (exact) mass is 406 g/mol. The van der Waals surface area contributed by atoms with Crippen LogP contribution < -0.4 is 10.6 Å². The van der Waals surface area contributed by atoms with E-state index in [1.165, 1.54) is 24.5 Å². The molecular formula is C24H27FN4O. The molecule has 1 atom stereocenters. The topological polar surface area (TPSA) is 56.7 Å². The van der Waals surface area contributed by atoms with E-state index in [-0.39, 0.29) is 11.5 Å². The number of halogens is 1. The molecule has 2 N–H and O–H groups in total. The normalized spacial score (nSPS) is 25.4. The Kier molecular flexibility index (Phi) is 5.03. The van der Waals surface area contributed by atoms with E-state index in [1.54, 1.807) is 23.1 Å². The van der Waals surface area contributed by atoms with Crippen molar-refractivity contribution in [2.24, 2.45) is 4.99 Å². The molecule has 1 saturated carbocycles.